The van der Waals surface area contributed by atoms with Crippen molar-refractivity contribution in [3.63, 3.8) is 0 Å². The van der Waals surface area contributed by atoms with Gasteiger partial charge in [0, 0.05) is 35.5 Å². The van der Waals surface area contributed by atoms with Crippen LogP contribution in [0.1, 0.15) is 202 Å². The van der Waals surface area contributed by atoms with Crippen molar-refractivity contribution in [1.29, 1.82) is 0 Å². The van der Waals surface area contributed by atoms with E-state index in [1.165, 1.54) is 229 Å². The van der Waals surface area contributed by atoms with E-state index in [-0.39, 0.29) is 10.8 Å². The van der Waals surface area contributed by atoms with E-state index in [1.54, 1.807) is 0 Å². The summed E-state index contributed by atoms with van der Waals surface area (Å²) in [5, 5.41) is 0. The molecule has 2 unspecified atom stereocenters. The van der Waals surface area contributed by atoms with Crippen LogP contribution < -0.4 is 18.9 Å². The number of aryl methyl sites for hydroxylation is 4. The topological polar surface area (TPSA) is 36.9 Å². The van der Waals surface area contributed by atoms with Gasteiger partial charge in [-0.1, -0.05) is 294 Å². The number of rotatable bonds is 18. The quantitative estimate of drug-likeness (QED) is 0.0634. The van der Waals surface area contributed by atoms with Crippen molar-refractivity contribution in [3.8, 4) is 208 Å². The molecule has 8 aliphatic carbocycles. The predicted octanol–water partition coefficient (Wildman–Crippen LogP) is 27.4. The van der Waals surface area contributed by atoms with Crippen LogP contribution in [0.2, 0.25) is 0 Å². The van der Waals surface area contributed by atoms with Crippen LogP contribution >= 0.6 is 0 Å². The van der Waals surface area contributed by atoms with Crippen LogP contribution in [-0.4, -0.2) is 13.2 Å². The first kappa shape index (κ1) is 79.9. The van der Waals surface area contributed by atoms with Crippen LogP contribution in [0.4, 0.5) is 0 Å². The zero-order chi connectivity index (χ0) is 86.8. The van der Waals surface area contributed by atoms with Crippen LogP contribution in [-0.2, 0) is 21.7 Å². The van der Waals surface area contributed by atoms with Gasteiger partial charge in [-0.15, -0.1) is 12.8 Å². The molecule has 0 bridgehead atoms. The first-order chi connectivity index (χ1) is 63.0. The molecule has 0 amide bonds. The monoisotopic (exact) mass is 1640 g/mol. The second-order valence-electron chi connectivity index (χ2n) is 35.3. The van der Waals surface area contributed by atoms with E-state index in [0.717, 1.165) is 59.4 Å². The third kappa shape index (κ3) is 12.3. The third-order valence-corrected chi connectivity index (χ3v) is 28.1. The van der Waals surface area contributed by atoms with Gasteiger partial charge < -0.3 is 18.9 Å². The van der Waals surface area contributed by atoms with Crippen LogP contribution in [0.5, 0.6) is 23.0 Å². The summed E-state index contributed by atoms with van der Waals surface area (Å²) in [5.41, 5.74) is 43.9. The molecule has 8 aliphatic rings. The van der Waals surface area contributed by atoms with Crippen LogP contribution in [0.3, 0.4) is 0 Å². The van der Waals surface area contributed by atoms with Crippen molar-refractivity contribution in [1.82, 2.24) is 0 Å². The number of ether oxygens (including phenoxy) is 4. The fraction of sp³-hybridized carbons (Fsp3) is 0.194. The molecule has 22 rings (SSSR count). The standard InChI is InChI=1S/C78H62O4.C46H30/c1-7-11-15-19-23-27-43-79-57-33-39-69-63(49-57)64-50-58(80-44-28-24-20-16-12-8-2)34-40-70(64)77(69)73-47-55(5)31-37-61(73)67-54-76-68(53-75(67)77)62-38-32-56(6)48-74(62)78(76)71-41-35-59(81-45-29-25-21-17-13-9-3)51-65(71)66-52-60(36-42-72(66)78)82-46-30-26-22-18-14-10-4;1-27-19-21-33-35-25-44-36(26-43(35)45(41(33)23-27)37-15-7-3-11-29(37)30-12-4-8-16-38(30)45)34-22-20-28(2)24-42(34)46(44)39-17-9-5-13-31(39)32-14-6-10-18-40(32)46/h1,3,31-42,47-54H,8,10,12,14,16,18,20,22,24,26,28,30,44,46H2,2,4-6H3;3-26H,1-2H3. The van der Waals surface area contributed by atoms with Gasteiger partial charge in [0.2, 0.25) is 0 Å². The van der Waals surface area contributed by atoms with Crippen molar-refractivity contribution < 1.29 is 18.9 Å². The highest BCUT2D eigenvalue weighted by Crippen LogP contribution is 2.72. The zero-order valence-electron chi connectivity index (χ0n) is 73.1. The number of terminal acetylenes is 2. The van der Waals surface area contributed by atoms with E-state index in [4.69, 9.17) is 31.8 Å². The molecule has 0 aromatic heterocycles. The molecule has 0 aliphatic heterocycles. The van der Waals surface area contributed by atoms with Gasteiger partial charge >= 0.3 is 0 Å². The minimum atomic E-state index is -0.681. The Balaban J connectivity index is 0.000000180. The summed E-state index contributed by atoms with van der Waals surface area (Å²) in [4.78, 5) is 0. The second-order valence-corrected chi connectivity index (χ2v) is 35.3. The summed E-state index contributed by atoms with van der Waals surface area (Å²) in [5.74, 6) is 34.0. The van der Waals surface area contributed by atoms with Gasteiger partial charge in [0.1, 0.15) is 35.2 Å². The number of benzene rings is 14. The molecule has 14 aromatic rings. The summed E-state index contributed by atoms with van der Waals surface area (Å²) < 4.78 is 25.4. The zero-order valence-corrected chi connectivity index (χ0v) is 73.1. The van der Waals surface area contributed by atoms with Gasteiger partial charge in [-0.2, -0.15) is 0 Å². The Morgan fingerprint density at radius 3 is 0.750 bits per heavy atom. The maximum Gasteiger partial charge on any atom is 0.140 e. The number of hydrogen-bond donors (Lipinski definition) is 0. The average Bonchev–Trinajstić information content (AvgIpc) is 1.49. The highest BCUT2D eigenvalue weighted by Gasteiger charge is 2.59. The Morgan fingerprint density at radius 1 is 0.211 bits per heavy atom. The molecule has 14 aromatic carbocycles. The molecule has 128 heavy (non-hydrogen) atoms. The second kappa shape index (κ2) is 32.7. The van der Waals surface area contributed by atoms with Crippen molar-refractivity contribution in [2.75, 3.05) is 13.2 Å². The summed E-state index contributed by atoms with van der Waals surface area (Å²) in [6, 6.07) is 101. The Kier molecular flexibility index (Phi) is 20.4. The highest BCUT2D eigenvalue weighted by atomic mass is 16.5. The molecular weight excluding hydrogens is 1550 g/mol. The number of hydrogen-bond acceptors (Lipinski definition) is 4. The Bertz CT molecular complexity index is 7030. The lowest BCUT2D eigenvalue weighted by Gasteiger charge is -2.32. The molecule has 0 fully saturated rings. The van der Waals surface area contributed by atoms with Crippen LogP contribution in [0.25, 0.3) is 89.0 Å². The van der Waals surface area contributed by atoms with E-state index in [0.29, 0.717) is 24.7 Å². The highest BCUT2D eigenvalue weighted by molar-refractivity contribution is 6.04. The largest absolute Gasteiger partial charge is 0.494 e. The fourth-order valence-electron chi connectivity index (χ4n) is 23.0. The summed E-state index contributed by atoms with van der Waals surface area (Å²) in [7, 11) is 0. The Labute approximate surface area is 753 Å². The van der Waals surface area contributed by atoms with Crippen LogP contribution in [0.15, 0.2) is 267 Å². The van der Waals surface area contributed by atoms with Crippen molar-refractivity contribution in [3.05, 3.63) is 378 Å². The molecule has 4 heteroatoms. The Hall–Kier alpha value is -15.2. The van der Waals surface area contributed by atoms with Gasteiger partial charge in [0.15, 0.2) is 0 Å². The summed E-state index contributed by atoms with van der Waals surface area (Å²) >= 11 is 0. The molecular formula is C124H92O4. The first-order valence-corrected chi connectivity index (χ1v) is 45.3. The normalized spacial score (nSPS) is 15.0. The van der Waals surface area contributed by atoms with E-state index >= 15 is 0 Å². The summed E-state index contributed by atoms with van der Waals surface area (Å²) in [6.07, 6.45) is 30.4. The molecule has 2 atom stereocenters. The lowest BCUT2D eigenvalue weighted by atomic mass is 9.68. The van der Waals surface area contributed by atoms with Gasteiger partial charge in [0.25, 0.3) is 0 Å². The molecule has 0 N–H and O–H groups in total. The minimum Gasteiger partial charge on any atom is -0.494 e. The average molecular weight is 1650 g/mol. The lowest BCUT2D eigenvalue weighted by Crippen LogP contribution is -2.27. The minimum absolute atomic E-state index is 0.356. The van der Waals surface area contributed by atoms with E-state index in [9.17, 15) is 0 Å². The van der Waals surface area contributed by atoms with Crippen molar-refractivity contribution in [2.24, 2.45) is 0 Å². The molecule has 0 heterocycles. The third-order valence-electron chi connectivity index (χ3n) is 28.1. The maximum absolute atomic E-state index is 6.60. The Morgan fingerprint density at radius 2 is 0.445 bits per heavy atom. The molecule has 0 radical (unpaired) electrons. The molecule has 612 valence electrons. The molecule has 0 saturated heterocycles. The lowest BCUT2D eigenvalue weighted by molar-refractivity contribution is 0.304. The molecule has 4 spiro atoms. The van der Waals surface area contributed by atoms with E-state index in [1.807, 2.05) is 12.1 Å². The van der Waals surface area contributed by atoms with E-state index < -0.39 is 10.8 Å². The smallest absolute Gasteiger partial charge is 0.140 e. The van der Waals surface area contributed by atoms with Gasteiger partial charge in [0.05, 0.1) is 34.9 Å². The maximum atomic E-state index is 6.60. The predicted molar refractivity (Wildman–Crippen MR) is 520 cm³/mol. The molecule has 0 saturated carbocycles. The van der Waals surface area contributed by atoms with Gasteiger partial charge in [-0.25, -0.2) is 0 Å². The first-order valence-electron chi connectivity index (χ1n) is 45.3. The van der Waals surface area contributed by atoms with Gasteiger partial charge in [-0.3, -0.25) is 0 Å². The fourth-order valence-corrected chi connectivity index (χ4v) is 23.0. The SMILES string of the molecule is C#CC#CC#CC#COc1ccc2c(c1)-c1cc(OCCCCCCCC)ccc1C21c2cc(C)ccc2-c2cc3c(cc21)-c1ccc(C)cc1C31c2ccc(OC#CC#CC#CC#C)cc2-c2cc(OCCCCCCCC)ccc21.Cc1ccc2c(c1)C1(c3ccccc3-c3ccccc31)c1cc3c(cc1-2)C1(c2ccccc2-c2ccccc21)c1cc(C)ccc1-3. The summed E-state index contributed by atoms with van der Waals surface area (Å²) in [6.45, 7) is 14.7. The molecule has 4 nitrogen and oxygen atoms in total. The van der Waals surface area contributed by atoms with Crippen molar-refractivity contribution in [2.45, 2.75) is 140 Å². The van der Waals surface area contributed by atoms with Gasteiger partial charge in [-0.05, 0) is 327 Å². The van der Waals surface area contributed by atoms with Crippen LogP contribution in [0, 0.1) is 124 Å². The number of fused-ring (bicyclic) bond motifs is 40. The van der Waals surface area contributed by atoms with Crippen molar-refractivity contribution >= 4 is 0 Å². The van der Waals surface area contributed by atoms with E-state index in [2.05, 4.69) is 380 Å². The number of unbranched alkanes of at least 4 members (excludes halogenated alkanes) is 10.